The Morgan fingerprint density at radius 2 is 2.00 bits per heavy atom. The van der Waals surface area contributed by atoms with Crippen molar-refractivity contribution in [2.24, 2.45) is 5.92 Å². The summed E-state index contributed by atoms with van der Waals surface area (Å²) >= 11 is 0. The predicted octanol–water partition coefficient (Wildman–Crippen LogP) is 3.89. The van der Waals surface area contributed by atoms with Crippen LogP contribution in [0.25, 0.3) is 5.69 Å². The Morgan fingerprint density at radius 1 is 1.17 bits per heavy atom. The third-order valence-corrected chi connectivity index (χ3v) is 6.75. The summed E-state index contributed by atoms with van der Waals surface area (Å²) in [5.74, 6) is 0.350. The first-order chi connectivity index (χ1) is 14.6. The number of rotatable bonds is 5. The van der Waals surface area contributed by atoms with Gasteiger partial charge in [-0.05, 0) is 72.7 Å². The number of aliphatic hydroxyl groups excluding tert-OH is 1. The Balaban J connectivity index is 1.37. The van der Waals surface area contributed by atoms with Gasteiger partial charge in [0.1, 0.15) is 0 Å². The zero-order chi connectivity index (χ0) is 20.7. The van der Waals surface area contributed by atoms with Gasteiger partial charge in [-0.1, -0.05) is 24.6 Å². The van der Waals surface area contributed by atoms with Crippen LogP contribution in [0.15, 0.2) is 54.9 Å². The van der Waals surface area contributed by atoms with E-state index >= 15 is 0 Å². The Morgan fingerprint density at radius 3 is 2.73 bits per heavy atom. The topological polar surface area (TPSA) is 58.4 Å². The minimum absolute atomic E-state index is 0.130. The summed E-state index contributed by atoms with van der Waals surface area (Å²) in [5.41, 5.74) is 6.64. The van der Waals surface area contributed by atoms with Crippen LogP contribution in [0.4, 0.5) is 0 Å². The summed E-state index contributed by atoms with van der Waals surface area (Å²) in [5, 5.41) is 14.0. The molecular formula is C25H27N3O2. The van der Waals surface area contributed by atoms with Crippen LogP contribution in [0.1, 0.15) is 51.9 Å². The number of carbonyl (C=O) groups is 1. The highest BCUT2D eigenvalue weighted by atomic mass is 16.3. The van der Waals surface area contributed by atoms with E-state index in [0.29, 0.717) is 6.54 Å². The summed E-state index contributed by atoms with van der Waals surface area (Å²) in [6.07, 6.45) is 7.61. The molecule has 0 radical (unpaired) electrons. The SMILES string of the molecule is Cc1cc2c(cc1Cc1ccc(-n3cccn3)cc1)C(=O)N([C@H]1CCC[C@@H]1CO)C2. The molecule has 1 amide bonds. The molecule has 2 aromatic carbocycles. The third-order valence-electron chi connectivity index (χ3n) is 6.75. The standard InChI is InChI=1S/C25H27N3O2/c1-17-12-21-15-27(24-5-2-4-19(24)16-29)25(30)23(21)14-20(17)13-18-6-8-22(9-7-18)28-11-3-10-26-28/h3,6-12,14,19,24,29H,2,4-5,13,15-16H2,1H3/t19-,24+/m1/s1. The van der Waals surface area contributed by atoms with Gasteiger partial charge in [-0.3, -0.25) is 4.79 Å². The van der Waals surface area contributed by atoms with Crippen molar-refractivity contribution in [3.63, 3.8) is 0 Å². The van der Waals surface area contributed by atoms with Crippen molar-refractivity contribution >= 4 is 5.91 Å². The zero-order valence-corrected chi connectivity index (χ0v) is 17.3. The van der Waals surface area contributed by atoms with Crippen LogP contribution in [-0.4, -0.2) is 38.3 Å². The summed E-state index contributed by atoms with van der Waals surface area (Å²) in [6, 6.07) is 14.8. The summed E-state index contributed by atoms with van der Waals surface area (Å²) < 4.78 is 1.85. The van der Waals surface area contributed by atoms with Gasteiger partial charge in [0, 0.05) is 43.1 Å². The van der Waals surface area contributed by atoms with Crippen molar-refractivity contribution in [2.45, 2.75) is 45.2 Å². The van der Waals surface area contributed by atoms with Gasteiger partial charge in [-0.25, -0.2) is 4.68 Å². The van der Waals surface area contributed by atoms with Gasteiger partial charge in [0.2, 0.25) is 0 Å². The number of fused-ring (bicyclic) bond motifs is 1. The molecule has 5 nitrogen and oxygen atoms in total. The van der Waals surface area contributed by atoms with Crippen LogP contribution in [0.5, 0.6) is 0 Å². The van der Waals surface area contributed by atoms with Crippen LogP contribution in [0.2, 0.25) is 0 Å². The molecule has 154 valence electrons. The van der Waals surface area contributed by atoms with E-state index in [9.17, 15) is 9.90 Å². The van der Waals surface area contributed by atoms with Crippen LogP contribution >= 0.6 is 0 Å². The fourth-order valence-electron chi connectivity index (χ4n) is 5.06. The van der Waals surface area contributed by atoms with E-state index in [2.05, 4.69) is 48.4 Å². The molecule has 2 atom stereocenters. The molecule has 2 aliphatic rings. The first-order valence-corrected chi connectivity index (χ1v) is 10.8. The van der Waals surface area contributed by atoms with E-state index in [4.69, 9.17) is 0 Å². The number of aromatic nitrogens is 2. The van der Waals surface area contributed by atoms with Crippen LogP contribution < -0.4 is 0 Å². The molecule has 5 heteroatoms. The van der Waals surface area contributed by atoms with Crippen molar-refractivity contribution < 1.29 is 9.90 Å². The fourth-order valence-corrected chi connectivity index (χ4v) is 5.06. The van der Waals surface area contributed by atoms with E-state index < -0.39 is 0 Å². The normalized spacial score (nSPS) is 20.7. The van der Waals surface area contributed by atoms with Crippen LogP contribution in [0, 0.1) is 12.8 Å². The number of amides is 1. The maximum atomic E-state index is 13.2. The predicted molar refractivity (Wildman–Crippen MR) is 116 cm³/mol. The van der Waals surface area contributed by atoms with Crippen molar-refractivity contribution in [2.75, 3.05) is 6.61 Å². The minimum atomic E-state index is 0.130. The molecule has 3 aromatic rings. The molecule has 0 spiro atoms. The Kier molecular flexibility index (Phi) is 4.91. The molecule has 1 aliphatic heterocycles. The lowest BCUT2D eigenvalue weighted by atomic mass is 9.95. The van der Waals surface area contributed by atoms with E-state index in [1.54, 1.807) is 6.20 Å². The summed E-state index contributed by atoms with van der Waals surface area (Å²) in [6.45, 7) is 2.98. The van der Waals surface area contributed by atoms with Gasteiger partial charge in [-0.15, -0.1) is 0 Å². The minimum Gasteiger partial charge on any atom is -0.396 e. The molecule has 5 rings (SSSR count). The molecule has 0 unspecified atom stereocenters. The molecule has 1 aliphatic carbocycles. The number of nitrogens with zero attached hydrogens (tertiary/aromatic N) is 3. The number of aliphatic hydroxyl groups is 1. The van der Waals surface area contributed by atoms with Crippen molar-refractivity contribution in [3.05, 3.63) is 82.7 Å². The molecule has 1 fully saturated rings. The van der Waals surface area contributed by atoms with Gasteiger partial charge in [0.15, 0.2) is 0 Å². The average Bonchev–Trinajstić information content (AvgIpc) is 3.50. The van der Waals surface area contributed by atoms with E-state index in [1.807, 2.05) is 21.8 Å². The largest absolute Gasteiger partial charge is 0.396 e. The average molecular weight is 402 g/mol. The van der Waals surface area contributed by atoms with Gasteiger partial charge in [0.25, 0.3) is 5.91 Å². The Bertz CT molecular complexity index is 1060. The number of aryl methyl sites for hydroxylation is 1. The Hall–Kier alpha value is -2.92. The first-order valence-electron chi connectivity index (χ1n) is 10.8. The third kappa shape index (κ3) is 3.33. The summed E-state index contributed by atoms with van der Waals surface area (Å²) in [7, 11) is 0. The fraction of sp³-hybridized carbons (Fsp3) is 0.360. The molecule has 2 heterocycles. The van der Waals surface area contributed by atoms with Crippen molar-refractivity contribution in [1.29, 1.82) is 0 Å². The highest BCUT2D eigenvalue weighted by Crippen LogP contribution is 2.36. The highest BCUT2D eigenvalue weighted by molar-refractivity contribution is 5.99. The molecule has 1 saturated carbocycles. The Labute approximate surface area is 177 Å². The molecule has 1 N–H and O–H groups in total. The number of carbonyl (C=O) groups excluding carboxylic acids is 1. The van der Waals surface area contributed by atoms with Gasteiger partial charge in [-0.2, -0.15) is 5.10 Å². The smallest absolute Gasteiger partial charge is 0.254 e. The summed E-state index contributed by atoms with van der Waals surface area (Å²) in [4.78, 5) is 15.2. The van der Waals surface area contributed by atoms with Crippen LogP contribution in [-0.2, 0) is 13.0 Å². The second kappa shape index (κ2) is 7.73. The maximum absolute atomic E-state index is 13.2. The van der Waals surface area contributed by atoms with Gasteiger partial charge in [0.05, 0.1) is 5.69 Å². The molecule has 0 saturated heterocycles. The highest BCUT2D eigenvalue weighted by Gasteiger charge is 2.39. The lowest BCUT2D eigenvalue weighted by Crippen LogP contribution is -2.39. The van der Waals surface area contributed by atoms with Crippen molar-refractivity contribution in [1.82, 2.24) is 14.7 Å². The molecular weight excluding hydrogens is 374 g/mol. The number of hydrogen-bond acceptors (Lipinski definition) is 3. The monoisotopic (exact) mass is 401 g/mol. The van der Waals surface area contributed by atoms with Gasteiger partial charge >= 0.3 is 0 Å². The maximum Gasteiger partial charge on any atom is 0.254 e. The zero-order valence-electron chi connectivity index (χ0n) is 17.3. The second-order valence-corrected chi connectivity index (χ2v) is 8.60. The number of benzene rings is 2. The quantitative estimate of drug-likeness (QED) is 0.706. The van der Waals surface area contributed by atoms with Crippen LogP contribution in [0.3, 0.4) is 0 Å². The van der Waals surface area contributed by atoms with Gasteiger partial charge < -0.3 is 10.0 Å². The number of hydrogen-bond donors (Lipinski definition) is 1. The van der Waals surface area contributed by atoms with Crippen molar-refractivity contribution in [3.8, 4) is 5.69 Å². The van der Waals surface area contributed by atoms with E-state index in [1.165, 1.54) is 16.7 Å². The second-order valence-electron chi connectivity index (χ2n) is 8.60. The first kappa shape index (κ1) is 19.1. The lowest BCUT2D eigenvalue weighted by Gasteiger charge is -2.28. The molecule has 1 aromatic heterocycles. The molecule has 30 heavy (non-hydrogen) atoms. The molecule has 0 bridgehead atoms. The lowest BCUT2D eigenvalue weighted by molar-refractivity contribution is 0.0612. The van der Waals surface area contributed by atoms with E-state index in [-0.39, 0.29) is 24.5 Å². The van der Waals surface area contributed by atoms with E-state index in [0.717, 1.165) is 42.5 Å².